The van der Waals surface area contributed by atoms with Gasteiger partial charge >= 0.3 is 0 Å². The van der Waals surface area contributed by atoms with E-state index in [0.717, 1.165) is 10.4 Å². The molecule has 2 aromatic carbocycles. The van der Waals surface area contributed by atoms with Crippen molar-refractivity contribution in [2.24, 2.45) is 0 Å². The summed E-state index contributed by atoms with van der Waals surface area (Å²) in [5.41, 5.74) is 5.70. The summed E-state index contributed by atoms with van der Waals surface area (Å²) in [4.78, 5) is 23.1. The molecule has 0 spiro atoms. The summed E-state index contributed by atoms with van der Waals surface area (Å²) in [6.45, 7) is 8.45. The molecule has 36 heavy (non-hydrogen) atoms. The van der Waals surface area contributed by atoms with Crippen molar-refractivity contribution in [3.8, 4) is 0 Å². The Bertz CT molecular complexity index is 1380. The maximum absolute atomic E-state index is 12.3. The first-order valence-electron chi connectivity index (χ1n) is 12.0. The van der Waals surface area contributed by atoms with Crippen LogP contribution < -0.4 is 21.7 Å². The van der Waals surface area contributed by atoms with Crippen molar-refractivity contribution in [1.82, 2.24) is 19.5 Å². The SMILES string of the molecule is C[C@H]1O[C@@H](n2cnc3c(=O)[nH]c(N)nc32)[C@H](O)[C@@H]1O[Si](c1ccccc1)(c1ccccc1)C(C)(C)C. The molecular weight excluding hydrogens is 474 g/mol. The number of aromatic nitrogens is 4. The van der Waals surface area contributed by atoms with Crippen LogP contribution in [0, 0.1) is 0 Å². The van der Waals surface area contributed by atoms with Gasteiger partial charge in [-0.3, -0.25) is 14.3 Å². The van der Waals surface area contributed by atoms with Crippen LogP contribution in [0.2, 0.25) is 5.04 Å². The van der Waals surface area contributed by atoms with Gasteiger partial charge in [0.15, 0.2) is 17.4 Å². The number of anilines is 1. The molecule has 0 radical (unpaired) electrons. The molecule has 4 atom stereocenters. The van der Waals surface area contributed by atoms with Crippen molar-refractivity contribution >= 4 is 35.8 Å². The van der Waals surface area contributed by atoms with Crippen LogP contribution >= 0.6 is 0 Å². The van der Waals surface area contributed by atoms with E-state index in [9.17, 15) is 9.90 Å². The molecule has 0 amide bonds. The maximum atomic E-state index is 12.3. The summed E-state index contributed by atoms with van der Waals surface area (Å²) in [5.74, 6) is -0.0325. The van der Waals surface area contributed by atoms with E-state index < -0.39 is 38.4 Å². The van der Waals surface area contributed by atoms with Crippen molar-refractivity contribution in [3.63, 3.8) is 0 Å². The molecule has 4 aromatic rings. The zero-order valence-corrected chi connectivity index (χ0v) is 21.8. The summed E-state index contributed by atoms with van der Waals surface area (Å²) in [7, 11) is -2.94. The smallest absolute Gasteiger partial charge is 0.280 e. The second kappa shape index (κ2) is 8.97. The van der Waals surface area contributed by atoms with E-state index >= 15 is 0 Å². The first-order valence-corrected chi connectivity index (χ1v) is 13.9. The summed E-state index contributed by atoms with van der Waals surface area (Å²) in [5, 5.41) is 13.5. The number of hydrogen-bond acceptors (Lipinski definition) is 7. The zero-order valence-electron chi connectivity index (χ0n) is 20.8. The van der Waals surface area contributed by atoms with Crippen molar-refractivity contribution in [2.75, 3.05) is 5.73 Å². The van der Waals surface area contributed by atoms with Gasteiger partial charge in [0.2, 0.25) is 5.95 Å². The van der Waals surface area contributed by atoms with E-state index in [2.05, 4.69) is 60.0 Å². The number of nitrogens with zero attached hydrogens (tertiary/aromatic N) is 3. The van der Waals surface area contributed by atoms with Crippen LogP contribution in [-0.4, -0.2) is 51.3 Å². The van der Waals surface area contributed by atoms with Crippen molar-refractivity contribution in [1.29, 1.82) is 0 Å². The molecule has 1 aliphatic heterocycles. The van der Waals surface area contributed by atoms with Crippen LogP contribution in [0.1, 0.15) is 33.9 Å². The highest BCUT2D eigenvalue weighted by molar-refractivity contribution is 6.99. The third-order valence-electron chi connectivity index (χ3n) is 6.90. The van der Waals surface area contributed by atoms with E-state index in [0.29, 0.717) is 0 Å². The number of nitrogen functional groups attached to an aromatic ring is 1. The van der Waals surface area contributed by atoms with Gasteiger partial charge < -0.3 is 20.0 Å². The highest BCUT2D eigenvalue weighted by Gasteiger charge is 2.55. The number of imidazole rings is 1. The van der Waals surface area contributed by atoms with Crippen molar-refractivity contribution in [2.45, 2.75) is 57.3 Å². The Labute approximate surface area is 210 Å². The summed E-state index contributed by atoms with van der Waals surface area (Å²) >= 11 is 0. The molecule has 1 fully saturated rings. The number of aliphatic hydroxyl groups excluding tert-OH is 1. The lowest BCUT2D eigenvalue weighted by molar-refractivity contribution is -0.0299. The van der Waals surface area contributed by atoms with Crippen LogP contribution in [0.5, 0.6) is 0 Å². The molecule has 188 valence electrons. The van der Waals surface area contributed by atoms with Crippen molar-refractivity contribution in [3.05, 3.63) is 77.3 Å². The topological polar surface area (TPSA) is 128 Å². The molecule has 0 saturated carbocycles. The third-order valence-corrected chi connectivity index (χ3v) is 11.9. The van der Waals surface area contributed by atoms with Gasteiger partial charge in [0.25, 0.3) is 13.9 Å². The Morgan fingerprint density at radius 2 is 1.67 bits per heavy atom. The van der Waals surface area contributed by atoms with Crippen LogP contribution in [0.4, 0.5) is 5.95 Å². The van der Waals surface area contributed by atoms with E-state index in [1.54, 1.807) is 4.57 Å². The lowest BCUT2D eigenvalue weighted by Crippen LogP contribution is -2.68. The molecule has 0 bridgehead atoms. The molecule has 5 rings (SSSR count). The largest absolute Gasteiger partial charge is 0.399 e. The van der Waals surface area contributed by atoms with Gasteiger partial charge in [0, 0.05) is 0 Å². The van der Waals surface area contributed by atoms with E-state index in [1.807, 2.05) is 43.3 Å². The number of fused-ring (bicyclic) bond motifs is 1. The maximum Gasteiger partial charge on any atom is 0.280 e. The summed E-state index contributed by atoms with van der Waals surface area (Å²) in [6.07, 6.45) is -1.53. The number of aliphatic hydroxyl groups is 1. The molecule has 3 heterocycles. The second-order valence-electron chi connectivity index (χ2n) is 10.2. The minimum absolute atomic E-state index is 0.0325. The van der Waals surface area contributed by atoms with E-state index in [4.69, 9.17) is 14.9 Å². The van der Waals surface area contributed by atoms with Crippen LogP contribution in [0.25, 0.3) is 11.2 Å². The number of nitrogens with two attached hydrogens (primary N) is 1. The lowest BCUT2D eigenvalue weighted by atomic mass is 10.1. The Morgan fingerprint density at radius 3 is 2.22 bits per heavy atom. The van der Waals surface area contributed by atoms with Gasteiger partial charge in [-0.2, -0.15) is 4.98 Å². The van der Waals surface area contributed by atoms with Gasteiger partial charge in [0.1, 0.15) is 12.2 Å². The predicted octanol–water partition coefficient (Wildman–Crippen LogP) is 1.93. The van der Waals surface area contributed by atoms with Gasteiger partial charge in [-0.15, -0.1) is 0 Å². The number of rotatable bonds is 5. The average Bonchev–Trinajstić information content (AvgIpc) is 3.38. The molecule has 10 heteroatoms. The molecule has 1 saturated heterocycles. The van der Waals surface area contributed by atoms with Gasteiger partial charge in [-0.05, 0) is 22.3 Å². The zero-order chi connectivity index (χ0) is 25.7. The Morgan fingerprint density at radius 1 is 1.08 bits per heavy atom. The molecule has 2 aromatic heterocycles. The van der Waals surface area contributed by atoms with Crippen molar-refractivity contribution < 1.29 is 14.3 Å². The summed E-state index contributed by atoms with van der Waals surface area (Å²) in [6, 6.07) is 20.5. The normalized spacial score (nSPS) is 22.8. The first kappa shape index (κ1) is 24.4. The first-order chi connectivity index (χ1) is 17.1. The monoisotopic (exact) mass is 505 g/mol. The predicted molar refractivity (Wildman–Crippen MR) is 141 cm³/mol. The standard InChI is InChI=1S/C26H31N5O4Si/c1-16-21(20(32)24(34-16)31-15-28-19-22(31)29-25(27)30-23(19)33)35-36(26(2,3)4,17-11-7-5-8-12-17)18-13-9-6-10-14-18/h5-16,20-21,24,32H,1-4H3,(H3,27,29,30,33)/t16-,20-,21-,24-/m1/s1. The fraction of sp³-hybridized carbons (Fsp3) is 0.346. The third kappa shape index (κ3) is 3.86. The Balaban J connectivity index is 1.60. The average molecular weight is 506 g/mol. The minimum atomic E-state index is -2.94. The van der Waals surface area contributed by atoms with E-state index in [-0.39, 0.29) is 22.2 Å². The van der Waals surface area contributed by atoms with Crippen LogP contribution in [0.3, 0.4) is 0 Å². The number of H-pyrrole nitrogens is 1. The minimum Gasteiger partial charge on any atom is -0.399 e. The lowest BCUT2D eigenvalue weighted by Gasteiger charge is -2.45. The highest BCUT2D eigenvalue weighted by Crippen LogP contribution is 2.41. The number of aromatic amines is 1. The number of nitrogens with one attached hydrogen (secondary N) is 1. The molecule has 1 aliphatic rings. The molecular formula is C26H31N5O4Si. The van der Waals surface area contributed by atoms with Gasteiger partial charge in [0.05, 0.1) is 12.4 Å². The number of benzene rings is 2. The van der Waals surface area contributed by atoms with E-state index in [1.165, 1.54) is 6.33 Å². The fourth-order valence-electron chi connectivity index (χ4n) is 5.24. The Kier molecular flexibility index (Phi) is 6.07. The summed E-state index contributed by atoms with van der Waals surface area (Å²) < 4.78 is 14.9. The second-order valence-corrected chi connectivity index (χ2v) is 14.5. The van der Waals surface area contributed by atoms with Crippen LogP contribution in [-0.2, 0) is 9.16 Å². The molecule has 0 aliphatic carbocycles. The molecule has 0 unspecified atom stereocenters. The van der Waals surface area contributed by atoms with Crippen LogP contribution in [0.15, 0.2) is 71.8 Å². The number of ether oxygens (including phenoxy) is 1. The van der Waals surface area contributed by atoms with Gasteiger partial charge in [-0.25, -0.2) is 4.98 Å². The quantitative estimate of drug-likeness (QED) is 0.354. The Hall–Kier alpha value is -3.31. The number of hydrogen-bond donors (Lipinski definition) is 3. The molecule has 9 nitrogen and oxygen atoms in total. The molecule has 4 N–H and O–H groups in total. The fourth-order valence-corrected chi connectivity index (χ4v) is 9.99. The van der Waals surface area contributed by atoms with Gasteiger partial charge in [-0.1, -0.05) is 81.4 Å². The highest BCUT2D eigenvalue weighted by atomic mass is 28.4.